The molecule has 4 nitrogen and oxygen atoms in total. The third kappa shape index (κ3) is 5.25. The molecule has 0 radical (unpaired) electrons. The van der Waals surface area contributed by atoms with Crippen molar-refractivity contribution in [3.05, 3.63) is 71.4 Å². The maximum Gasteiger partial charge on any atom is 0.421 e. The number of aromatic nitrogens is 2. The van der Waals surface area contributed by atoms with Crippen molar-refractivity contribution >= 4 is 23.1 Å². The molecule has 0 aliphatic carbocycles. The average molecular weight is 400 g/mol. The lowest BCUT2D eigenvalue weighted by atomic mass is 10.1. The number of aryl methyl sites for hydroxylation is 2. The molecule has 1 aromatic heterocycles. The summed E-state index contributed by atoms with van der Waals surface area (Å²) >= 11 is 0. The van der Waals surface area contributed by atoms with E-state index in [1.165, 1.54) is 5.56 Å². The van der Waals surface area contributed by atoms with Crippen molar-refractivity contribution in [1.29, 1.82) is 0 Å². The van der Waals surface area contributed by atoms with Crippen LogP contribution < -0.4 is 10.6 Å². The Morgan fingerprint density at radius 1 is 0.931 bits per heavy atom. The van der Waals surface area contributed by atoms with E-state index in [1.807, 2.05) is 43.3 Å². The second-order valence-corrected chi connectivity index (χ2v) is 6.66. The molecule has 0 aliphatic rings. The quantitative estimate of drug-likeness (QED) is 0.475. The average Bonchev–Trinajstić information content (AvgIpc) is 2.69. The Morgan fingerprint density at radius 3 is 2.31 bits per heavy atom. The molecule has 29 heavy (non-hydrogen) atoms. The number of anilines is 4. The maximum absolute atomic E-state index is 13.5. The summed E-state index contributed by atoms with van der Waals surface area (Å²) in [5, 5.41) is 5.82. The first-order chi connectivity index (χ1) is 13.9. The summed E-state index contributed by atoms with van der Waals surface area (Å²) in [6.45, 7) is 4.05. The van der Waals surface area contributed by atoms with Crippen LogP contribution in [0.4, 0.5) is 36.3 Å². The van der Waals surface area contributed by atoms with Crippen LogP contribution in [-0.4, -0.2) is 9.97 Å². The number of hydrogen-bond acceptors (Lipinski definition) is 4. The fraction of sp³-hybridized carbons (Fsp3) is 0.273. The molecule has 1 heterocycles. The highest BCUT2D eigenvalue weighted by Gasteiger charge is 2.35. The number of rotatable bonds is 7. The molecule has 0 amide bonds. The van der Waals surface area contributed by atoms with Crippen molar-refractivity contribution in [3.8, 4) is 0 Å². The van der Waals surface area contributed by atoms with E-state index in [1.54, 1.807) is 12.1 Å². The fourth-order valence-corrected chi connectivity index (χ4v) is 3.00. The van der Waals surface area contributed by atoms with Crippen LogP contribution in [-0.2, 0) is 19.0 Å². The van der Waals surface area contributed by atoms with Crippen LogP contribution in [0.15, 0.2) is 54.7 Å². The van der Waals surface area contributed by atoms with Crippen molar-refractivity contribution < 1.29 is 13.2 Å². The summed E-state index contributed by atoms with van der Waals surface area (Å²) in [6, 6.07) is 14.9. The summed E-state index contributed by atoms with van der Waals surface area (Å²) < 4.78 is 40.4. The molecule has 0 aliphatic heterocycles. The van der Waals surface area contributed by atoms with Crippen LogP contribution in [0.25, 0.3) is 0 Å². The van der Waals surface area contributed by atoms with E-state index >= 15 is 0 Å². The molecule has 152 valence electrons. The van der Waals surface area contributed by atoms with Gasteiger partial charge in [0.2, 0.25) is 5.95 Å². The van der Waals surface area contributed by atoms with Crippen molar-refractivity contribution in [2.75, 3.05) is 10.6 Å². The molecule has 2 N–H and O–H groups in total. The van der Waals surface area contributed by atoms with E-state index in [2.05, 4.69) is 27.5 Å². The third-order valence-electron chi connectivity index (χ3n) is 4.49. The Kier molecular flexibility index (Phi) is 6.36. The van der Waals surface area contributed by atoms with Crippen molar-refractivity contribution in [2.24, 2.45) is 0 Å². The zero-order valence-corrected chi connectivity index (χ0v) is 16.3. The molecule has 0 unspecified atom stereocenters. The van der Waals surface area contributed by atoms with Gasteiger partial charge in [-0.25, -0.2) is 4.98 Å². The van der Waals surface area contributed by atoms with E-state index in [4.69, 9.17) is 0 Å². The predicted molar refractivity (Wildman–Crippen MR) is 110 cm³/mol. The zero-order valence-electron chi connectivity index (χ0n) is 16.3. The first-order valence-corrected chi connectivity index (χ1v) is 9.55. The minimum absolute atomic E-state index is 0.0951. The van der Waals surface area contributed by atoms with Crippen molar-refractivity contribution in [3.63, 3.8) is 0 Å². The Bertz CT molecular complexity index is 953. The van der Waals surface area contributed by atoms with Gasteiger partial charge >= 0.3 is 6.18 Å². The molecule has 0 atom stereocenters. The monoisotopic (exact) mass is 400 g/mol. The topological polar surface area (TPSA) is 49.8 Å². The SMILES string of the molecule is CCCc1ccc(Nc2ncc(C(F)(F)F)c(Nc3ccccc3CC)n2)cc1. The van der Waals surface area contributed by atoms with Crippen LogP contribution >= 0.6 is 0 Å². The van der Waals surface area contributed by atoms with E-state index in [0.29, 0.717) is 17.8 Å². The standard InChI is InChI=1S/C22H23F3N4/c1-3-7-15-10-12-17(13-11-15)27-21-26-14-18(22(23,24)25)20(29-21)28-19-9-6-5-8-16(19)4-2/h5-6,8-14H,3-4,7H2,1-2H3,(H2,26,27,28,29). The molecule has 3 rings (SSSR count). The summed E-state index contributed by atoms with van der Waals surface area (Å²) in [5.74, 6) is -0.184. The summed E-state index contributed by atoms with van der Waals surface area (Å²) in [4.78, 5) is 7.97. The van der Waals surface area contributed by atoms with Crippen molar-refractivity contribution in [1.82, 2.24) is 9.97 Å². The Labute approximate surface area is 168 Å². The number of para-hydroxylation sites is 1. The first-order valence-electron chi connectivity index (χ1n) is 9.55. The summed E-state index contributed by atoms with van der Waals surface area (Å²) in [5.41, 5.74) is 2.50. The number of halogens is 3. The fourth-order valence-electron chi connectivity index (χ4n) is 3.00. The molecule has 2 aromatic carbocycles. The molecule has 7 heteroatoms. The largest absolute Gasteiger partial charge is 0.421 e. The van der Waals surface area contributed by atoms with Crippen LogP contribution in [0.5, 0.6) is 0 Å². The number of nitrogens with one attached hydrogen (secondary N) is 2. The molecule has 0 bridgehead atoms. The van der Waals surface area contributed by atoms with Gasteiger partial charge in [0.1, 0.15) is 11.4 Å². The second kappa shape index (κ2) is 8.94. The molecule has 0 saturated carbocycles. The first kappa shape index (κ1) is 20.6. The number of nitrogens with zero attached hydrogens (tertiary/aromatic N) is 2. The third-order valence-corrected chi connectivity index (χ3v) is 4.49. The van der Waals surface area contributed by atoms with Crippen LogP contribution in [0.1, 0.15) is 37.0 Å². The summed E-state index contributed by atoms with van der Waals surface area (Å²) in [7, 11) is 0. The second-order valence-electron chi connectivity index (χ2n) is 6.66. The molecule has 0 fully saturated rings. The van der Waals surface area contributed by atoms with Gasteiger partial charge in [0.05, 0.1) is 0 Å². The number of alkyl halides is 3. The van der Waals surface area contributed by atoms with Gasteiger partial charge < -0.3 is 10.6 Å². The Hall–Kier alpha value is -3.09. The zero-order chi connectivity index (χ0) is 20.9. The lowest BCUT2D eigenvalue weighted by molar-refractivity contribution is -0.137. The summed E-state index contributed by atoms with van der Waals surface area (Å²) in [6.07, 6.45) is -1.06. The number of hydrogen-bond donors (Lipinski definition) is 2. The van der Waals surface area contributed by atoms with Gasteiger partial charge in [0.15, 0.2) is 0 Å². The molecule has 0 spiro atoms. The van der Waals surface area contributed by atoms with Gasteiger partial charge in [0.25, 0.3) is 0 Å². The minimum Gasteiger partial charge on any atom is -0.339 e. The van der Waals surface area contributed by atoms with E-state index in [0.717, 1.165) is 24.6 Å². The lowest BCUT2D eigenvalue weighted by Gasteiger charge is -2.16. The molecule has 3 aromatic rings. The Balaban J connectivity index is 1.91. The predicted octanol–water partition coefficient (Wildman–Crippen LogP) is 6.50. The van der Waals surface area contributed by atoms with Gasteiger partial charge in [-0.15, -0.1) is 0 Å². The van der Waals surface area contributed by atoms with Crippen molar-refractivity contribution in [2.45, 2.75) is 39.3 Å². The molecular weight excluding hydrogens is 377 g/mol. The normalized spacial score (nSPS) is 11.3. The lowest BCUT2D eigenvalue weighted by Crippen LogP contribution is -2.13. The highest BCUT2D eigenvalue weighted by atomic mass is 19.4. The van der Waals surface area contributed by atoms with E-state index in [9.17, 15) is 13.2 Å². The Morgan fingerprint density at radius 2 is 1.66 bits per heavy atom. The van der Waals surface area contributed by atoms with Gasteiger partial charge in [-0.05, 0) is 42.2 Å². The van der Waals surface area contributed by atoms with Crippen LogP contribution in [0, 0.1) is 0 Å². The molecule has 0 saturated heterocycles. The van der Waals surface area contributed by atoms with E-state index < -0.39 is 11.7 Å². The highest BCUT2D eigenvalue weighted by molar-refractivity contribution is 5.65. The smallest absolute Gasteiger partial charge is 0.339 e. The van der Waals surface area contributed by atoms with Crippen LogP contribution in [0.3, 0.4) is 0 Å². The van der Waals surface area contributed by atoms with Gasteiger partial charge in [-0.1, -0.05) is 50.6 Å². The van der Waals surface area contributed by atoms with Gasteiger partial charge in [-0.2, -0.15) is 18.2 Å². The van der Waals surface area contributed by atoms with Gasteiger partial charge in [-0.3, -0.25) is 0 Å². The maximum atomic E-state index is 13.5. The highest BCUT2D eigenvalue weighted by Crippen LogP contribution is 2.36. The van der Waals surface area contributed by atoms with Gasteiger partial charge in [0, 0.05) is 17.6 Å². The number of benzene rings is 2. The van der Waals surface area contributed by atoms with E-state index in [-0.39, 0.29) is 11.8 Å². The minimum atomic E-state index is -4.57. The van der Waals surface area contributed by atoms with Crippen LogP contribution in [0.2, 0.25) is 0 Å². The molecular formula is C22H23F3N4.